The van der Waals surface area contributed by atoms with E-state index in [0.717, 1.165) is 17.4 Å². The van der Waals surface area contributed by atoms with Gasteiger partial charge in [0.15, 0.2) is 0 Å². The van der Waals surface area contributed by atoms with Gasteiger partial charge >= 0.3 is 5.97 Å². The lowest BCUT2D eigenvalue weighted by Crippen LogP contribution is -2.02. The molecule has 0 aromatic heterocycles. The highest BCUT2D eigenvalue weighted by atomic mass is 32.2. The Morgan fingerprint density at radius 2 is 1.56 bits per heavy atom. The molecule has 2 nitrogen and oxygen atoms in total. The van der Waals surface area contributed by atoms with Crippen LogP contribution < -0.4 is 0 Å². The van der Waals surface area contributed by atoms with Crippen molar-refractivity contribution in [1.82, 2.24) is 0 Å². The molecule has 0 heterocycles. The highest BCUT2D eigenvalue weighted by Gasteiger charge is 2.07. The summed E-state index contributed by atoms with van der Waals surface area (Å²) in [5.74, 6) is 2.13. The lowest BCUT2D eigenvalue weighted by molar-refractivity contribution is -0.136. The van der Waals surface area contributed by atoms with E-state index >= 15 is 0 Å². The van der Waals surface area contributed by atoms with Crippen molar-refractivity contribution < 1.29 is 9.90 Å². The van der Waals surface area contributed by atoms with Gasteiger partial charge in [-0.3, -0.25) is 4.79 Å². The van der Waals surface area contributed by atoms with Crippen LogP contribution in [0.1, 0.15) is 71.6 Å². The summed E-state index contributed by atoms with van der Waals surface area (Å²) in [5, 5.41) is 8.54. The van der Waals surface area contributed by atoms with E-state index < -0.39 is 5.97 Å². The van der Waals surface area contributed by atoms with Crippen molar-refractivity contribution in [3.8, 4) is 0 Å². The molecule has 0 aliphatic heterocycles. The van der Waals surface area contributed by atoms with E-state index in [-0.39, 0.29) is 0 Å². The molecule has 108 valence electrons. The van der Waals surface area contributed by atoms with Crippen LogP contribution in [0.15, 0.2) is 0 Å². The number of unbranched alkanes of at least 4 members (excludes halogenated alkanes) is 2. The van der Waals surface area contributed by atoms with E-state index in [1.807, 2.05) is 0 Å². The molecule has 1 N–H and O–H groups in total. The van der Waals surface area contributed by atoms with Gasteiger partial charge in [0, 0.05) is 5.75 Å². The van der Waals surface area contributed by atoms with Gasteiger partial charge in [0.05, 0.1) is 6.42 Å². The molecular weight excluding hydrogens is 244 g/mol. The maximum absolute atomic E-state index is 10.4. The normalized spacial score (nSPS) is 11.1. The first-order valence-corrected chi connectivity index (χ1v) is 8.65. The Labute approximate surface area is 117 Å². The molecule has 0 radical (unpaired) electrons. The van der Waals surface area contributed by atoms with E-state index in [1.165, 1.54) is 51.4 Å². The summed E-state index contributed by atoms with van der Waals surface area (Å²) in [7, 11) is 0. The molecule has 0 atom stereocenters. The molecule has 0 aliphatic rings. The first-order chi connectivity index (χ1) is 8.70. The molecule has 0 bridgehead atoms. The van der Waals surface area contributed by atoms with Gasteiger partial charge in [-0.15, -0.1) is 0 Å². The maximum atomic E-state index is 10.4. The van der Waals surface area contributed by atoms with Gasteiger partial charge in [-0.1, -0.05) is 52.4 Å². The molecular formula is C15H30O2S. The fraction of sp³-hybridized carbons (Fsp3) is 0.933. The molecule has 0 spiro atoms. The van der Waals surface area contributed by atoms with Crippen molar-refractivity contribution in [3.05, 3.63) is 0 Å². The lowest BCUT2D eigenvalue weighted by atomic mass is 9.92. The molecule has 0 fully saturated rings. The topological polar surface area (TPSA) is 37.3 Å². The number of rotatable bonds is 13. The zero-order chi connectivity index (χ0) is 13.6. The Balaban J connectivity index is 3.51. The number of thioether (sulfide) groups is 1. The van der Waals surface area contributed by atoms with Crippen molar-refractivity contribution in [2.45, 2.75) is 71.6 Å². The molecule has 0 aromatic carbocycles. The fourth-order valence-electron chi connectivity index (χ4n) is 2.15. The van der Waals surface area contributed by atoms with Crippen LogP contribution in [0.5, 0.6) is 0 Å². The molecule has 0 saturated heterocycles. The third kappa shape index (κ3) is 12.3. The SMILES string of the molecule is CCCCC(CCCC)CCCSCCC(=O)O. The van der Waals surface area contributed by atoms with Crippen molar-refractivity contribution >= 4 is 17.7 Å². The second-order valence-electron chi connectivity index (χ2n) is 5.05. The highest BCUT2D eigenvalue weighted by molar-refractivity contribution is 7.99. The number of carboxylic acids is 1. The highest BCUT2D eigenvalue weighted by Crippen LogP contribution is 2.22. The third-order valence-electron chi connectivity index (χ3n) is 3.29. The monoisotopic (exact) mass is 274 g/mol. The number of carbonyl (C=O) groups is 1. The van der Waals surface area contributed by atoms with Crippen LogP contribution in [0.25, 0.3) is 0 Å². The Hall–Kier alpha value is -0.180. The number of aliphatic carboxylic acids is 1. The van der Waals surface area contributed by atoms with Gasteiger partial charge < -0.3 is 5.11 Å². The predicted molar refractivity (Wildman–Crippen MR) is 81.4 cm³/mol. The van der Waals surface area contributed by atoms with Gasteiger partial charge in [0.2, 0.25) is 0 Å². The van der Waals surface area contributed by atoms with Gasteiger partial charge in [-0.25, -0.2) is 0 Å². The Morgan fingerprint density at radius 3 is 2.06 bits per heavy atom. The minimum Gasteiger partial charge on any atom is -0.481 e. The van der Waals surface area contributed by atoms with Crippen LogP contribution in [-0.2, 0) is 4.79 Å². The molecule has 0 aliphatic carbocycles. The maximum Gasteiger partial charge on any atom is 0.304 e. The Bertz CT molecular complexity index is 187. The standard InChI is InChI=1S/C15H30O2S/c1-3-5-8-14(9-6-4-2)10-7-12-18-13-11-15(16)17/h14H,3-13H2,1-2H3,(H,16,17). The van der Waals surface area contributed by atoms with Gasteiger partial charge in [-0.05, 0) is 24.5 Å². The van der Waals surface area contributed by atoms with E-state index in [1.54, 1.807) is 11.8 Å². The van der Waals surface area contributed by atoms with Gasteiger partial charge in [0.1, 0.15) is 0 Å². The molecule has 0 unspecified atom stereocenters. The van der Waals surface area contributed by atoms with E-state index in [2.05, 4.69) is 13.8 Å². The van der Waals surface area contributed by atoms with Crippen LogP contribution in [0, 0.1) is 5.92 Å². The molecule has 0 rings (SSSR count). The summed E-state index contributed by atoms with van der Waals surface area (Å²) in [6.45, 7) is 4.53. The van der Waals surface area contributed by atoms with Crippen molar-refractivity contribution in [3.63, 3.8) is 0 Å². The summed E-state index contributed by atoms with van der Waals surface area (Å²) in [4.78, 5) is 10.4. The summed E-state index contributed by atoms with van der Waals surface area (Å²) >= 11 is 1.79. The minimum absolute atomic E-state index is 0.305. The number of hydrogen-bond acceptors (Lipinski definition) is 2. The van der Waals surface area contributed by atoms with E-state index in [4.69, 9.17) is 5.11 Å². The summed E-state index contributed by atoms with van der Waals surface area (Å²) in [5.41, 5.74) is 0. The summed E-state index contributed by atoms with van der Waals surface area (Å²) in [6, 6.07) is 0. The summed E-state index contributed by atoms with van der Waals surface area (Å²) in [6.07, 6.45) is 11.0. The zero-order valence-electron chi connectivity index (χ0n) is 12.1. The quantitative estimate of drug-likeness (QED) is 0.482. The van der Waals surface area contributed by atoms with Crippen LogP contribution in [0.2, 0.25) is 0 Å². The van der Waals surface area contributed by atoms with Crippen LogP contribution >= 0.6 is 11.8 Å². The largest absolute Gasteiger partial charge is 0.481 e. The van der Waals surface area contributed by atoms with Crippen LogP contribution in [0.4, 0.5) is 0 Å². The fourth-order valence-corrected chi connectivity index (χ4v) is 3.05. The smallest absolute Gasteiger partial charge is 0.304 e. The minimum atomic E-state index is -0.675. The third-order valence-corrected chi connectivity index (χ3v) is 4.36. The van der Waals surface area contributed by atoms with Crippen molar-refractivity contribution in [2.75, 3.05) is 11.5 Å². The Kier molecular flexibility index (Phi) is 13.1. The predicted octanol–water partition coefficient (Wildman–Crippen LogP) is 4.97. The zero-order valence-corrected chi connectivity index (χ0v) is 12.9. The average Bonchev–Trinajstić information content (AvgIpc) is 2.35. The first kappa shape index (κ1) is 17.8. The Morgan fingerprint density at radius 1 is 1.00 bits per heavy atom. The average molecular weight is 274 g/mol. The number of hydrogen-bond donors (Lipinski definition) is 1. The number of carboxylic acid groups (broad SMARTS) is 1. The first-order valence-electron chi connectivity index (χ1n) is 7.50. The van der Waals surface area contributed by atoms with Crippen molar-refractivity contribution in [2.24, 2.45) is 5.92 Å². The molecule has 0 amide bonds. The van der Waals surface area contributed by atoms with Crippen molar-refractivity contribution in [1.29, 1.82) is 0 Å². The van der Waals surface area contributed by atoms with E-state index in [9.17, 15) is 4.79 Å². The summed E-state index contributed by atoms with van der Waals surface area (Å²) < 4.78 is 0. The van der Waals surface area contributed by atoms with Gasteiger partial charge in [-0.2, -0.15) is 11.8 Å². The molecule has 0 saturated carbocycles. The molecule has 18 heavy (non-hydrogen) atoms. The van der Waals surface area contributed by atoms with E-state index in [0.29, 0.717) is 6.42 Å². The van der Waals surface area contributed by atoms with Crippen LogP contribution in [-0.4, -0.2) is 22.6 Å². The van der Waals surface area contributed by atoms with Gasteiger partial charge in [0.25, 0.3) is 0 Å². The lowest BCUT2D eigenvalue weighted by Gasteiger charge is -2.15. The second kappa shape index (κ2) is 13.3. The van der Waals surface area contributed by atoms with Crippen LogP contribution in [0.3, 0.4) is 0 Å². The second-order valence-corrected chi connectivity index (χ2v) is 6.27. The molecule has 3 heteroatoms. The molecule has 0 aromatic rings.